The van der Waals surface area contributed by atoms with Crippen LogP contribution in [-0.4, -0.2) is 35.7 Å². The number of amides is 1. The van der Waals surface area contributed by atoms with Crippen LogP contribution in [0.5, 0.6) is 0 Å². The molecule has 1 amide bonds. The molecule has 1 N–H and O–H groups in total. The van der Waals surface area contributed by atoms with E-state index in [-0.39, 0.29) is 6.09 Å². The van der Waals surface area contributed by atoms with E-state index in [1.807, 2.05) is 20.8 Å². The van der Waals surface area contributed by atoms with Crippen molar-refractivity contribution in [2.75, 3.05) is 13.1 Å². The third-order valence-corrected chi connectivity index (χ3v) is 4.24. The van der Waals surface area contributed by atoms with Gasteiger partial charge in [-0.1, -0.05) is 28.1 Å². The van der Waals surface area contributed by atoms with Crippen molar-refractivity contribution in [3.8, 4) is 0 Å². The van der Waals surface area contributed by atoms with Crippen molar-refractivity contribution in [2.45, 2.75) is 45.9 Å². The predicted molar refractivity (Wildman–Crippen MR) is 87.3 cm³/mol. The molecule has 2 rings (SSSR count). The Morgan fingerprint density at radius 3 is 2.67 bits per heavy atom. The Kier molecular flexibility index (Phi) is 4.94. The van der Waals surface area contributed by atoms with E-state index < -0.39 is 5.60 Å². The average molecular weight is 355 g/mol. The zero-order valence-electron chi connectivity index (χ0n) is 13.1. The van der Waals surface area contributed by atoms with E-state index in [4.69, 9.17) is 4.74 Å². The van der Waals surface area contributed by atoms with Gasteiger partial charge in [-0.25, -0.2) is 4.79 Å². The van der Waals surface area contributed by atoms with Gasteiger partial charge >= 0.3 is 6.09 Å². The first-order chi connectivity index (χ1) is 9.74. The Morgan fingerprint density at radius 2 is 2.10 bits per heavy atom. The molecule has 1 aromatic carbocycles. The maximum Gasteiger partial charge on any atom is 0.410 e. The van der Waals surface area contributed by atoms with Gasteiger partial charge in [-0.05, 0) is 44.9 Å². The number of likely N-dealkylation sites (tertiary alicyclic amines) is 1. The molecule has 1 saturated heterocycles. The van der Waals surface area contributed by atoms with Crippen molar-refractivity contribution in [3.05, 3.63) is 33.8 Å². The van der Waals surface area contributed by atoms with E-state index in [1.54, 1.807) is 4.90 Å². The van der Waals surface area contributed by atoms with E-state index >= 15 is 0 Å². The normalized spacial score (nSPS) is 15.8. The minimum atomic E-state index is -0.426. The Hall–Kier alpha value is -1.07. The number of nitrogens with one attached hydrogen (secondary N) is 1. The second kappa shape index (κ2) is 6.36. The minimum absolute atomic E-state index is 0.222. The molecule has 1 aliphatic heterocycles. The minimum Gasteiger partial charge on any atom is -0.444 e. The third-order valence-electron chi connectivity index (χ3n) is 3.35. The fourth-order valence-electron chi connectivity index (χ4n) is 2.16. The second-order valence-corrected chi connectivity index (χ2v) is 7.40. The number of carbonyl (C=O) groups excluding carboxylic acids is 1. The molecule has 0 atom stereocenters. The molecule has 116 valence electrons. The summed E-state index contributed by atoms with van der Waals surface area (Å²) in [4.78, 5) is 13.5. The fourth-order valence-corrected chi connectivity index (χ4v) is 2.41. The number of aryl methyl sites for hydroxylation is 1. The molecular formula is C16H23BrN2O2. The van der Waals surface area contributed by atoms with Crippen LogP contribution in [0.15, 0.2) is 22.7 Å². The molecule has 0 radical (unpaired) electrons. The molecule has 1 aliphatic rings. The maximum absolute atomic E-state index is 11.8. The van der Waals surface area contributed by atoms with Gasteiger partial charge in [-0.2, -0.15) is 0 Å². The molecular weight excluding hydrogens is 332 g/mol. The van der Waals surface area contributed by atoms with Gasteiger partial charge in [0.1, 0.15) is 5.60 Å². The van der Waals surface area contributed by atoms with Gasteiger partial charge in [0.15, 0.2) is 0 Å². The van der Waals surface area contributed by atoms with Gasteiger partial charge in [0.25, 0.3) is 0 Å². The molecule has 4 nitrogen and oxygen atoms in total. The van der Waals surface area contributed by atoms with Crippen LogP contribution in [0.25, 0.3) is 0 Å². The van der Waals surface area contributed by atoms with Crippen LogP contribution in [0.3, 0.4) is 0 Å². The summed E-state index contributed by atoms with van der Waals surface area (Å²) in [7, 11) is 0. The molecule has 0 unspecified atom stereocenters. The van der Waals surface area contributed by atoms with Gasteiger partial charge in [-0.3, -0.25) is 0 Å². The third kappa shape index (κ3) is 4.71. The summed E-state index contributed by atoms with van der Waals surface area (Å²) in [6.45, 7) is 9.99. The number of ether oxygens (including phenoxy) is 1. The van der Waals surface area contributed by atoms with Crippen molar-refractivity contribution in [3.63, 3.8) is 0 Å². The molecule has 1 aromatic rings. The summed E-state index contributed by atoms with van der Waals surface area (Å²) in [5.74, 6) is 0. The van der Waals surface area contributed by atoms with Gasteiger partial charge in [0.05, 0.1) is 0 Å². The number of halogens is 1. The first-order valence-electron chi connectivity index (χ1n) is 7.21. The van der Waals surface area contributed by atoms with Gasteiger partial charge in [0, 0.05) is 30.1 Å². The number of hydrogen-bond acceptors (Lipinski definition) is 3. The average Bonchev–Trinajstić information content (AvgIpc) is 2.29. The zero-order valence-corrected chi connectivity index (χ0v) is 14.7. The number of benzene rings is 1. The van der Waals surface area contributed by atoms with E-state index in [0.29, 0.717) is 19.1 Å². The number of carbonyl (C=O) groups is 1. The number of rotatable bonds is 3. The Morgan fingerprint density at radius 1 is 1.43 bits per heavy atom. The van der Waals surface area contributed by atoms with E-state index in [9.17, 15) is 4.79 Å². The molecule has 0 aromatic heterocycles. The smallest absolute Gasteiger partial charge is 0.410 e. The van der Waals surface area contributed by atoms with Gasteiger partial charge in [0.2, 0.25) is 0 Å². The van der Waals surface area contributed by atoms with Crippen molar-refractivity contribution in [1.82, 2.24) is 10.2 Å². The highest BCUT2D eigenvalue weighted by molar-refractivity contribution is 9.10. The lowest BCUT2D eigenvalue weighted by molar-refractivity contribution is 0.00519. The van der Waals surface area contributed by atoms with E-state index in [0.717, 1.165) is 11.0 Å². The van der Waals surface area contributed by atoms with Crippen molar-refractivity contribution < 1.29 is 9.53 Å². The zero-order chi connectivity index (χ0) is 15.6. The molecule has 0 spiro atoms. The number of nitrogens with zero attached hydrogens (tertiary/aromatic N) is 1. The summed E-state index contributed by atoms with van der Waals surface area (Å²) in [5.41, 5.74) is 2.06. The topological polar surface area (TPSA) is 41.6 Å². The summed E-state index contributed by atoms with van der Waals surface area (Å²) < 4.78 is 6.47. The Balaban J connectivity index is 1.73. The summed E-state index contributed by atoms with van der Waals surface area (Å²) in [6.07, 6.45) is -0.222. The lowest BCUT2D eigenvalue weighted by Crippen LogP contribution is -2.60. The van der Waals surface area contributed by atoms with Crippen LogP contribution in [0.4, 0.5) is 4.79 Å². The predicted octanol–water partition coefficient (Wildman–Crippen LogP) is 3.47. The largest absolute Gasteiger partial charge is 0.444 e. The first kappa shape index (κ1) is 16.3. The van der Waals surface area contributed by atoms with Crippen LogP contribution < -0.4 is 5.32 Å². The molecule has 0 bridgehead atoms. The number of hydrogen-bond donors (Lipinski definition) is 1. The molecule has 5 heteroatoms. The highest BCUT2D eigenvalue weighted by Gasteiger charge is 2.33. The standard InChI is InChI=1S/C16H23BrN2O2/c1-11-7-12(5-6-14(11)17)8-18-13-9-19(10-13)15(20)21-16(2,3)4/h5-7,13,18H,8-10H2,1-4H3. The Labute approximate surface area is 135 Å². The van der Waals surface area contributed by atoms with Crippen LogP contribution in [-0.2, 0) is 11.3 Å². The van der Waals surface area contributed by atoms with Crippen LogP contribution in [0.2, 0.25) is 0 Å². The van der Waals surface area contributed by atoms with E-state index in [2.05, 4.69) is 46.4 Å². The summed E-state index contributed by atoms with van der Waals surface area (Å²) >= 11 is 3.50. The summed E-state index contributed by atoms with van der Waals surface area (Å²) in [5, 5.41) is 3.47. The Bertz CT molecular complexity index is 519. The van der Waals surface area contributed by atoms with Gasteiger partial charge < -0.3 is 15.0 Å². The van der Waals surface area contributed by atoms with Crippen LogP contribution in [0, 0.1) is 6.92 Å². The molecule has 1 heterocycles. The van der Waals surface area contributed by atoms with E-state index in [1.165, 1.54) is 11.1 Å². The highest BCUT2D eigenvalue weighted by atomic mass is 79.9. The van der Waals surface area contributed by atoms with Crippen molar-refractivity contribution in [1.29, 1.82) is 0 Å². The molecule has 0 aliphatic carbocycles. The maximum atomic E-state index is 11.8. The lowest BCUT2D eigenvalue weighted by atomic mass is 10.1. The molecule has 0 saturated carbocycles. The summed E-state index contributed by atoms with van der Waals surface area (Å²) in [6, 6.07) is 6.69. The first-order valence-corrected chi connectivity index (χ1v) is 8.00. The SMILES string of the molecule is Cc1cc(CNC2CN(C(=O)OC(C)(C)C)C2)ccc1Br. The van der Waals surface area contributed by atoms with Crippen LogP contribution in [0.1, 0.15) is 31.9 Å². The lowest BCUT2D eigenvalue weighted by Gasteiger charge is -2.40. The monoisotopic (exact) mass is 354 g/mol. The van der Waals surface area contributed by atoms with Crippen molar-refractivity contribution >= 4 is 22.0 Å². The fraction of sp³-hybridized carbons (Fsp3) is 0.562. The van der Waals surface area contributed by atoms with Gasteiger partial charge in [-0.15, -0.1) is 0 Å². The van der Waals surface area contributed by atoms with Crippen LogP contribution >= 0.6 is 15.9 Å². The molecule has 1 fully saturated rings. The highest BCUT2D eigenvalue weighted by Crippen LogP contribution is 2.18. The quantitative estimate of drug-likeness (QED) is 0.903. The van der Waals surface area contributed by atoms with Crippen molar-refractivity contribution in [2.24, 2.45) is 0 Å². The molecule has 21 heavy (non-hydrogen) atoms. The second-order valence-electron chi connectivity index (χ2n) is 6.55.